The van der Waals surface area contributed by atoms with Crippen LogP contribution >= 0.6 is 11.8 Å². The second-order valence-corrected chi connectivity index (χ2v) is 10.4. The highest BCUT2D eigenvalue weighted by atomic mass is 32.2. The monoisotopic (exact) mass is 417 g/mol. The Morgan fingerprint density at radius 1 is 1.11 bits per heavy atom. The fraction of sp³-hybridized carbons (Fsp3) is 0.381. The molecule has 0 aliphatic rings. The molecule has 2 aromatic carbocycles. The maximum atomic E-state index is 12.4. The third-order valence-electron chi connectivity index (χ3n) is 4.81. The van der Waals surface area contributed by atoms with Crippen molar-refractivity contribution < 1.29 is 8.42 Å². The molecule has 1 aromatic heterocycles. The maximum Gasteiger partial charge on any atom is 0.242 e. The van der Waals surface area contributed by atoms with Gasteiger partial charge in [-0.1, -0.05) is 26.0 Å². The van der Waals surface area contributed by atoms with Gasteiger partial charge in [0.2, 0.25) is 10.0 Å². The third kappa shape index (κ3) is 4.11. The number of rotatable bonds is 7. The third-order valence-corrected chi connectivity index (χ3v) is 7.63. The number of imidazole rings is 1. The normalized spacial score (nSPS) is 12.4. The highest BCUT2D eigenvalue weighted by Crippen LogP contribution is 2.28. The Bertz CT molecular complexity index is 1070. The molecule has 150 valence electrons. The van der Waals surface area contributed by atoms with Gasteiger partial charge in [-0.25, -0.2) is 17.7 Å². The van der Waals surface area contributed by atoms with E-state index in [-0.39, 0.29) is 4.90 Å². The molecule has 0 saturated carbocycles. The summed E-state index contributed by atoms with van der Waals surface area (Å²) in [5, 5.41) is 0. The van der Waals surface area contributed by atoms with Gasteiger partial charge in [0.15, 0.2) is 0 Å². The van der Waals surface area contributed by atoms with Crippen LogP contribution in [0.15, 0.2) is 52.3 Å². The molecule has 3 aromatic rings. The van der Waals surface area contributed by atoms with Crippen molar-refractivity contribution in [1.82, 2.24) is 13.9 Å². The van der Waals surface area contributed by atoms with Crippen molar-refractivity contribution >= 4 is 32.8 Å². The lowest BCUT2D eigenvalue weighted by molar-refractivity contribution is 0.521. The second-order valence-electron chi connectivity index (χ2n) is 7.22. The second kappa shape index (κ2) is 8.27. The van der Waals surface area contributed by atoms with Crippen molar-refractivity contribution in [2.45, 2.75) is 48.8 Å². The molecular formula is C21H27N3O2S2. The number of benzene rings is 2. The molecule has 7 heteroatoms. The summed E-state index contributed by atoms with van der Waals surface area (Å²) in [6, 6.07) is 13.8. The number of aryl methyl sites for hydroxylation is 1. The van der Waals surface area contributed by atoms with E-state index in [4.69, 9.17) is 4.98 Å². The Kier molecular flexibility index (Phi) is 6.17. The standard InChI is InChI=1S/C21H27N3O2S2/c1-6-24-20-12-11-18(28(25,26)23(4)5)13-19(20)22-21(24)14-27-17-9-7-16(8-10-17)15(2)3/h7-13,15H,6,14H2,1-5H3. The first-order valence-electron chi connectivity index (χ1n) is 9.38. The molecule has 3 rings (SSSR count). The number of fused-ring (bicyclic) bond motifs is 1. The van der Waals surface area contributed by atoms with Crippen molar-refractivity contribution in [3.05, 3.63) is 53.9 Å². The minimum absolute atomic E-state index is 0.272. The van der Waals surface area contributed by atoms with Gasteiger partial charge < -0.3 is 4.57 Å². The SMILES string of the molecule is CCn1c(CSc2ccc(C(C)C)cc2)nc2cc(S(=O)(=O)N(C)C)ccc21. The summed E-state index contributed by atoms with van der Waals surface area (Å²) in [7, 11) is -0.389. The van der Waals surface area contributed by atoms with E-state index in [1.165, 1.54) is 28.9 Å². The van der Waals surface area contributed by atoms with E-state index in [0.717, 1.165) is 29.2 Å². The van der Waals surface area contributed by atoms with Crippen LogP contribution in [0.4, 0.5) is 0 Å². The molecule has 0 aliphatic carbocycles. The van der Waals surface area contributed by atoms with Gasteiger partial charge in [-0.3, -0.25) is 0 Å². The predicted molar refractivity (Wildman–Crippen MR) is 116 cm³/mol. The van der Waals surface area contributed by atoms with Crippen LogP contribution in [-0.2, 0) is 22.3 Å². The average Bonchev–Trinajstić information content (AvgIpc) is 3.03. The van der Waals surface area contributed by atoms with E-state index in [2.05, 4.69) is 49.6 Å². The quantitative estimate of drug-likeness (QED) is 0.522. The molecule has 0 aliphatic heterocycles. The van der Waals surface area contributed by atoms with Crippen LogP contribution in [0.2, 0.25) is 0 Å². The topological polar surface area (TPSA) is 55.2 Å². The Balaban J connectivity index is 1.88. The summed E-state index contributed by atoms with van der Waals surface area (Å²) in [5.41, 5.74) is 3.02. The largest absolute Gasteiger partial charge is 0.328 e. The zero-order valence-electron chi connectivity index (χ0n) is 17.0. The van der Waals surface area contributed by atoms with Gasteiger partial charge in [-0.15, -0.1) is 11.8 Å². The lowest BCUT2D eigenvalue weighted by atomic mass is 10.0. The van der Waals surface area contributed by atoms with Crippen molar-refractivity contribution in [3.63, 3.8) is 0 Å². The van der Waals surface area contributed by atoms with E-state index in [0.29, 0.717) is 5.92 Å². The fourth-order valence-corrected chi connectivity index (χ4v) is 4.86. The van der Waals surface area contributed by atoms with Crippen molar-refractivity contribution in [1.29, 1.82) is 0 Å². The fourth-order valence-electron chi connectivity index (χ4n) is 3.09. The van der Waals surface area contributed by atoms with Crippen LogP contribution in [0.1, 0.15) is 38.1 Å². The van der Waals surface area contributed by atoms with Crippen LogP contribution < -0.4 is 0 Å². The van der Waals surface area contributed by atoms with Crippen LogP contribution in [0.5, 0.6) is 0 Å². The molecule has 0 N–H and O–H groups in total. The van der Waals surface area contributed by atoms with Crippen molar-refractivity contribution in [3.8, 4) is 0 Å². The average molecular weight is 418 g/mol. The maximum absolute atomic E-state index is 12.4. The Morgan fingerprint density at radius 3 is 2.36 bits per heavy atom. The Hall–Kier alpha value is -1.83. The highest BCUT2D eigenvalue weighted by molar-refractivity contribution is 7.98. The van der Waals surface area contributed by atoms with Gasteiger partial charge in [-0.2, -0.15) is 0 Å². The van der Waals surface area contributed by atoms with Gasteiger partial charge in [-0.05, 0) is 48.7 Å². The van der Waals surface area contributed by atoms with E-state index in [1.54, 1.807) is 23.9 Å². The van der Waals surface area contributed by atoms with E-state index >= 15 is 0 Å². The predicted octanol–water partition coefficient (Wildman–Crippen LogP) is 4.72. The smallest absolute Gasteiger partial charge is 0.242 e. The number of hydrogen-bond acceptors (Lipinski definition) is 4. The Labute approximate surface area is 171 Å². The number of hydrogen-bond donors (Lipinski definition) is 0. The van der Waals surface area contributed by atoms with Gasteiger partial charge in [0.25, 0.3) is 0 Å². The van der Waals surface area contributed by atoms with Crippen LogP contribution in [0.25, 0.3) is 11.0 Å². The molecule has 28 heavy (non-hydrogen) atoms. The van der Waals surface area contributed by atoms with Crippen LogP contribution in [-0.4, -0.2) is 36.4 Å². The molecule has 0 atom stereocenters. The highest BCUT2D eigenvalue weighted by Gasteiger charge is 2.19. The molecule has 5 nitrogen and oxygen atoms in total. The molecule has 0 bridgehead atoms. The number of nitrogens with zero attached hydrogens (tertiary/aromatic N) is 3. The first kappa shape index (κ1) is 20.9. The number of sulfonamides is 1. The summed E-state index contributed by atoms with van der Waals surface area (Å²) in [4.78, 5) is 6.21. The molecule has 0 saturated heterocycles. The molecule has 0 radical (unpaired) electrons. The van der Waals surface area contributed by atoms with Gasteiger partial charge >= 0.3 is 0 Å². The summed E-state index contributed by atoms with van der Waals surface area (Å²) in [6.07, 6.45) is 0. The van der Waals surface area contributed by atoms with E-state index in [1.807, 2.05) is 6.07 Å². The zero-order valence-corrected chi connectivity index (χ0v) is 18.6. The summed E-state index contributed by atoms with van der Waals surface area (Å²) < 4.78 is 28.2. The van der Waals surface area contributed by atoms with E-state index < -0.39 is 10.0 Å². The van der Waals surface area contributed by atoms with Crippen molar-refractivity contribution in [2.24, 2.45) is 0 Å². The molecular weight excluding hydrogens is 390 g/mol. The van der Waals surface area contributed by atoms with Crippen LogP contribution in [0, 0.1) is 0 Å². The molecule has 0 unspecified atom stereocenters. The summed E-state index contributed by atoms with van der Waals surface area (Å²) >= 11 is 1.74. The van der Waals surface area contributed by atoms with Crippen molar-refractivity contribution in [2.75, 3.05) is 14.1 Å². The molecule has 0 amide bonds. The number of thioether (sulfide) groups is 1. The first-order chi connectivity index (χ1) is 13.2. The molecule has 0 spiro atoms. The minimum atomic E-state index is -3.47. The molecule has 1 heterocycles. The number of aromatic nitrogens is 2. The van der Waals surface area contributed by atoms with Gasteiger partial charge in [0.1, 0.15) is 5.82 Å². The lowest BCUT2D eigenvalue weighted by Gasteiger charge is -2.11. The van der Waals surface area contributed by atoms with Gasteiger partial charge in [0, 0.05) is 25.5 Å². The van der Waals surface area contributed by atoms with Gasteiger partial charge in [0.05, 0.1) is 21.7 Å². The van der Waals surface area contributed by atoms with Crippen LogP contribution in [0.3, 0.4) is 0 Å². The summed E-state index contributed by atoms with van der Waals surface area (Å²) in [5.74, 6) is 2.21. The molecule has 0 fully saturated rings. The minimum Gasteiger partial charge on any atom is -0.328 e. The van der Waals surface area contributed by atoms with E-state index in [9.17, 15) is 8.42 Å². The first-order valence-corrected chi connectivity index (χ1v) is 11.8. The zero-order chi connectivity index (χ0) is 20.5. The lowest BCUT2D eigenvalue weighted by Crippen LogP contribution is -2.22. The Morgan fingerprint density at radius 2 is 1.79 bits per heavy atom. The summed E-state index contributed by atoms with van der Waals surface area (Å²) in [6.45, 7) is 7.25.